The monoisotopic (exact) mass is 234 g/mol. The molecule has 0 aliphatic carbocycles. The van der Waals surface area contributed by atoms with Gasteiger partial charge < -0.3 is 22.9 Å². The van der Waals surface area contributed by atoms with Crippen molar-refractivity contribution in [2.45, 2.75) is 0 Å². The van der Waals surface area contributed by atoms with Gasteiger partial charge in [-0.3, -0.25) is 0 Å². The first-order valence-corrected chi connectivity index (χ1v) is 3.43. The van der Waals surface area contributed by atoms with Crippen LogP contribution in [-0.4, -0.2) is 39.8 Å². The molecule has 0 unspecified atom stereocenters. The number of hydrogen-bond donors (Lipinski definition) is 6. The fourth-order valence-corrected chi connectivity index (χ4v) is 0.260. The number of hydrogen-bond acceptors (Lipinski definition) is 5. The Morgan fingerprint density at radius 1 is 0.938 bits per heavy atom. The molecule has 0 saturated carbocycles. The fraction of sp³-hybridized carbons (Fsp3) is 0. The Morgan fingerprint density at radius 3 is 1.38 bits per heavy atom. The summed E-state index contributed by atoms with van der Waals surface area (Å²) >= 11 is 0. The molecule has 16 heavy (non-hydrogen) atoms. The highest BCUT2D eigenvalue weighted by atomic mass is 16.9. The Hall–Kier alpha value is -2.92. The molecule has 0 amide bonds. The van der Waals surface area contributed by atoms with E-state index in [1.165, 1.54) is 12.4 Å². The third kappa shape index (κ3) is 30.5. The van der Waals surface area contributed by atoms with Crippen molar-refractivity contribution in [2.75, 3.05) is 0 Å². The van der Waals surface area contributed by atoms with Crippen LogP contribution in [0.1, 0.15) is 0 Å². The molecule has 0 aromatic carbocycles. The summed E-state index contributed by atoms with van der Waals surface area (Å²) in [5.74, 6) is -0.275. The van der Waals surface area contributed by atoms with Gasteiger partial charge in [0.05, 0.1) is 12.4 Å². The highest BCUT2D eigenvalue weighted by molar-refractivity contribution is 6.16. The Kier molecular flexibility index (Phi) is 9.88. The van der Waals surface area contributed by atoms with Crippen LogP contribution in [0.3, 0.4) is 0 Å². The van der Waals surface area contributed by atoms with E-state index in [4.69, 9.17) is 38.3 Å². The summed E-state index contributed by atoms with van der Waals surface area (Å²) in [6, 6.07) is 0. The lowest BCUT2D eigenvalue weighted by Gasteiger charge is -1.81. The highest BCUT2D eigenvalue weighted by Gasteiger charge is 1.79. The maximum absolute atomic E-state index is 8.47. The van der Waals surface area contributed by atoms with Gasteiger partial charge in [0.1, 0.15) is 4.91 Å². The zero-order chi connectivity index (χ0) is 13.0. The van der Waals surface area contributed by atoms with Crippen LogP contribution in [0.2, 0.25) is 0 Å². The van der Waals surface area contributed by atoms with E-state index in [0.717, 1.165) is 0 Å². The summed E-state index contributed by atoms with van der Waals surface area (Å²) in [6.07, 6.45) is 2.46. The van der Waals surface area contributed by atoms with Crippen LogP contribution in [0, 0.1) is 4.91 Å². The first kappa shape index (κ1) is 15.5. The lowest BCUT2D eigenvalue weighted by molar-refractivity contribution is -0.969. The molecule has 10 N–H and O–H groups in total. The summed E-state index contributed by atoms with van der Waals surface area (Å²) in [6.45, 7) is 0. The van der Waals surface area contributed by atoms with Gasteiger partial charge in [0, 0.05) is 0 Å². The Balaban J connectivity index is 0. The molecule has 12 nitrogen and oxygen atoms in total. The molecule has 0 aliphatic heterocycles. The van der Waals surface area contributed by atoms with Crippen LogP contribution >= 0.6 is 0 Å². The summed E-state index contributed by atoms with van der Waals surface area (Å²) in [5.41, 5.74) is 19.8. The first-order valence-electron chi connectivity index (χ1n) is 3.43. The summed E-state index contributed by atoms with van der Waals surface area (Å²) < 4.78 is 0. The lowest BCUT2D eigenvalue weighted by atomic mass is 10.8. The highest BCUT2D eigenvalue weighted by Crippen LogP contribution is 1.67. The second-order valence-electron chi connectivity index (χ2n) is 1.83. The second-order valence-corrected chi connectivity index (χ2v) is 1.83. The first-order chi connectivity index (χ1) is 7.36. The van der Waals surface area contributed by atoms with Crippen molar-refractivity contribution in [1.29, 1.82) is 0 Å². The summed E-state index contributed by atoms with van der Waals surface area (Å²) in [5, 5.41) is 25.9. The topological polar surface area (TPSA) is 214 Å². The SMILES string of the molecule is NC(N)=N/N=C/C=N/N=C(N)N.O=[N+](O)O. The third-order valence-electron chi connectivity index (χ3n) is 0.546. The van der Waals surface area contributed by atoms with Gasteiger partial charge in [-0.15, -0.1) is 10.2 Å². The Labute approximate surface area is 89.1 Å². The zero-order valence-corrected chi connectivity index (χ0v) is 8.00. The molecule has 0 aliphatic rings. The minimum atomic E-state index is -1.25. The largest absolute Gasteiger partial charge is 0.472 e. The molecule has 0 heterocycles. The van der Waals surface area contributed by atoms with Crippen LogP contribution in [0.5, 0.6) is 0 Å². The Bertz CT molecular complexity index is 281. The number of nitrogens with zero attached hydrogens (tertiary/aromatic N) is 5. The van der Waals surface area contributed by atoms with E-state index in [9.17, 15) is 0 Å². The predicted molar refractivity (Wildman–Crippen MR) is 55.8 cm³/mol. The molecule has 12 heteroatoms. The molecule has 0 aromatic rings. The number of guanidine groups is 2. The van der Waals surface area contributed by atoms with Gasteiger partial charge in [-0.25, -0.2) is 10.4 Å². The van der Waals surface area contributed by atoms with E-state index < -0.39 is 5.09 Å². The predicted octanol–water partition coefficient (Wildman–Crippen LogP) is -2.95. The minimum absolute atomic E-state index is 0.138. The molecule has 0 spiro atoms. The van der Waals surface area contributed by atoms with Gasteiger partial charge in [0.25, 0.3) is 0 Å². The third-order valence-corrected chi connectivity index (χ3v) is 0.546. The van der Waals surface area contributed by atoms with Crippen molar-refractivity contribution in [3.63, 3.8) is 0 Å². The van der Waals surface area contributed by atoms with Crippen molar-refractivity contribution in [3.05, 3.63) is 4.91 Å². The van der Waals surface area contributed by atoms with Crippen LogP contribution in [0.15, 0.2) is 20.4 Å². The molecular weight excluding hydrogens is 222 g/mol. The molecule has 0 rings (SSSR count). The van der Waals surface area contributed by atoms with Gasteiger partial charge in [-0.1, -0.05) is 0 Å². The van der Waals surface area contributed by atoms with Crippen molar-refractivity contribution >= 4 is 24.3 Å². The van der Waals surface area contributed by atoms with E-state index >= 15 is 0 Å². The molecule has 0 atom stereocenters. The smallest absolute Gasteiger partial charge is 0.369 e. The summed E-state index contributed by atoms with van der Waals surface area (Å²) in [7, 11) is 0. The average molecular weight is 234 g/mol. The number of nitrogens with two attached hydrogens (primary N) is 4. The van der Waals surface area contributed by atoms with Gasteiger partial charge in [0.15, 0.2) is 0 Å². The normalized spacial score (nSPS) is 9.25. The van der Waals surface area contributed by atoms with Crippen LogP contribution in [-0.2, 0) is 0 Å². The van der Waals surface area contributed by atoms with E-state index in [1.807, 2.05) is 0 Å². The molecule has 0 aromatic heterocycles. The second kappa shape index (κ2) is 10.2. The van der Waals surface area contributed by atoms with Crippen molar-refractivity contribution in [1.82, 2.24) is 0 Å². The molecule has 90 valence electrons. The minimum Gasteiger partial charge on any atom is -0.369 e. The van der Waals surface area contributed by atoms with Crippen LogP contribution < -0.4 is 22.9 Å². The Morgan fingerprint density at radius 2 is 1.19 bits per heavy atom. The van der Waals surface area contributed by atoms with Crippen molar-refractivity contribution in [3.8, 4) is 0 Å². The molecule has 0 radical (unpaired) electrons. The molecule has 0 saturated heterocycles. The van der Waals surface area contributed by atoms with Crippen molar-refractivity contribution in [2.24, 2.45) is 43.3 Å². The van der Waals surface area contributed by atoms with Crippen molar-refractivity contribution < 1.29 is 15.5 Å². The standard InChI is InChI=1S/C4H10N8.H2NO3/c5-3(6)11-9-1-2-10-12-4(7)8;2-1(3)4/h1-2H,(H4,5,6,11)(H4,7,8,12);(H2,2,3,4)/q;+1/b9-1+,10-2+;. The van der Waals surface area contributed by atoms with Gasteiger partial charge in [-0.2, -0.15) is 10.2 Å². The number of rotatable bonds is 3. The average Bonchev–Trinajstić information content (AvgIpc) is 2.09. The van der Waals surface area contributed by atoms with E-state index in [-0.39, 0.29) is 11.9 Å². The zero-order valence-electron chi connectivity index (χ0n) is 8.00. The van der Waals surface area contributed by atoms with Crippen LogP contribution in [0.4, 0.5) is 0 Å². The van der Waals surface area contributed by atoms with Gasteiger partial charge >= 0.3 is 5.09 Å². The molecule has 0 bridgehead atoms. The van der Waals surface area contributed by atoms with E-state index in [1.54, 1.807) is 0 Å². The summed E-state index contributed by atoms with van der Waals surface area (Å²) in [4.78, 5) is 8.47. The fourth-order valence-electron chi connectivity index (χ4n) is 0.260. The maximum Gasteiger partial charge on any atom is 0.472 e. The van der Waals surface area contributed by atoms with Gasteiger partial charge in [0.2, 0.25) is 11.9 Å². The van der Waals surface area contributed by atoms with Gasteiger partial charge in [-0.05, 0) is 0 Å². The van der Waals surface area contributed by atoms with Crippen LogP contribution in [0.25, 0.3) is 0 Å². The lowest BCUT2D eigenvalue weighted by Crippen LogP contribution is -2.22. The molecular formula is C4H12N9O3+. The van der Waals surface area contributed by atoms with E-state index in [2.05, 4.69) is 20.4 Å². The maximum atomic E-state index is 8.47. The van der Waals surface area contributed by atoms with E-state index in [0.29, 0.717) is 0 Å². The molecule has 0 fully saturated rings. The quantitative estimate of drug-likeness (QED) is 0.169.